The average molecular weight is 230 g/mol. The van der Waals surface area contributed by atoms with Gasteiger partial charge in [-0.25, -0.2) is 0 Å². The summed E-state index contributed by atoms with van der Waals surface area (Å²) in [6, 6.07) is 7.46. The van der Waals surface area contributed by atoms with Gasteiger partial charge >= 0.3 is 0 Å². The molecule has 0 unspecified atom stereocenters. The van der Waals surface area contributed by atoms with E-state index in [0.29, 0.717) is 11.3 Å². The van der Waals surface area contributed by atoms with Crippen LogP contribution in [0.3, 0.4) is 0 Å². The molecule has 5 heteroatoms. The van der Waals surface area contributed by atoms with Crippen LogP contribution in [-0.2, 0) is 7.05 Å². The molecule has 2 N–H and O–H groups in total. The molecule has 0 aliphatic rings. The monoisotopic (exact) mass is 230 g/mol. The van der Waals surface area contributed by atoms with E-state index in [2.05, 4.69) is 11.2 Å². The molecule has 0 aliphatic carbocycles. The van der Waals surface area contributed by atoms with E-state index in [1.54, 1.807) is 23.0 Å². The van der Waals surface area contributed by atoms with E-state index in [1.807, 2.05) is 19.3 Å². The van der Waals surface area contributed by atoms with Gasteiger partial charge in [0.05, 0.1) is 16.7 Å². The second-order valence-corrected chi connectivity index (χ2v) is 4.43. The topological polar surface area (TPSA) is 67.6 Å². The molecular weight excluding hydrogens is 220 g/mol. The van der Waals surface area contributed by atoms with Crippen LogP contribution in [0.25, 0.3) is 0 Å². The van der Waals surface area contributed by atoms with Crippen molar-refractivity contribution in [2.45, 2.75) is 9.79 Å². The Kier molecular flexibility index (Phi) is 2.84. The summed E-state index contributed by atoms with van der Waals surface area (Å²) < 4.78 is 1.73. The van der Waals surface area contributed by atoms with Crippen molar-refractivity contribution in [1.82, 2.24) is 9.78 Å². The van der Waals surface area contributed by atoms with E-state index in [-0.39, 0.29) is 0 Å². The molecule has 0 atom stereocenters. The van der Waals surface area contributed by atoms with Crippen molar-refractivity contribution in [3.8, 4) is 6.07 Å². The van der Waals surface area contributed by atoms with Crippen molar-refractivity contribution in [2.24, 2.45) is 7.05 Å². The van der Waals surface area contributed by atoms with E-state index < -0.39 is 0 Å². The van der Waals surface area contributed by atoms with Crippen LogP contribution in [0.2, 0.25) is 0 Å². The molecule has 0 fully saturated rings. The number of anilines is 1. The maximum atomic E-state index is 8.99. The summed E-state index contributed by atoms with van der Waals surface area (Å²) in [5.74, 6) is 0. The highest BCUT2D eigenvalue weighted by molar-refractivity contribution is 7.99. The predicted octanol–water partition coefficient (Wildman–Crippen LogP) is 2.03. The number of rotatable bonds is 2. The zero-order chi connectivity index (χ0) is 11.5. The van der Waals surface area contributed by atoms with Crippen molar-refractivity contribution in [2.75, 3.05) is 5.73 Å². The number of hydrogen-bond acceptors (Lipinski definition) is 4. The fraction of sp³-hybridized carbons (Fsp3) is 0.0909. The van der Waals surface area contributed by atoms with Crippen molar-refractivity contribution in [3.05, 3.63) is 36.2 Å². The predicted molar refractivity (Wildman–Crippen MR) is 62.9 cm³/mol. The number of nitrogen functional groups attached to an aromatic ring is 1. The summed E-state index contributed by atoms with van der Waals surface area (Å²) in [7, 11) is 1.86. The standard InChI is InChI=1S/C11H10N4S/c1-15-7-10(6-14-15)16-11-3-2-9(13)4-8(11)5-12/h2-4,6-7H,13H2,1H3. The summed E-state index contributed by atoms with van der Waals surface area (Å²) in [6.07, 6.45) is 3.67. The lowest BCUT2D eigenvalue weighted by Gasteiger charge is -2.02. The van der Waals surface area contributed by atoms with Crippen LogP contribution in [0, 0.1) is 11.3 Å². The van der Waals surface area contributed by atoms with Gasteiger partial charge in [-0.1, -0.05) is 11.8 Å². The van der Waals surface area contributed by atoms with E-state index in [9.17, 15) is 0 Å². The molecule has 2 aromatic rings. The highest BCUT2D eigenvalue weighted by atomic mass is 32.2. The SMILES string of the molecule is Cn1cc(Sc2ccc(N)cc2C#N)cn1. The van der Waals surface area contributed by atoms with Crippen LogP contribution in [0.4, 0.5) is 5.69 Å². The minimum Gasteiger partial charge on any atom is -0.399 e. The first kappa shape index (κ1) is 10.6. The van der Waals surface area contributed by atoms with Crippen LogP contribution in [0.1, 0.15) is 5.56 Å². The van der Waals surface area contributed by atoms with E-state index in [0.717, 1.165) is 9.79 Å². The molecule has 4 nitrogen and oxygen atoms in total. The number of benzene rings is 1. The molecule has 0 bridgehead atoms. The first-order chi connectivity index (χ1) is 7.69. The highest BCUT2D eigenvalue weighted by Gasteiger charge is 2.05. The van der Waals surface area contributed by atoms with E-state index in [1.165, 1.54) is 11.8 Å². The van der Waals surface area contributed by atoms with Gasteiger partial charge in [0, 0.05) is 23.8 Å². The van der Waals surface area contributed by atoms with Gasteiger partial charge in [-0.05, 0) is 18.2 Å². The minimum absolute atomic E-state index is 0.592. The third kappa shape index (κ3) is 2.18. The molecule has 1 aromatic carbocycles. The van der Waals surface area contributed by atoms with Crippen LogP contribution in [0.5, 0.6) is 0 Å². The Balaban J connectivity index is 2.31. The average Bonchev–Trinajstić information content (AvgIpc) is 2.67. The lowest BCUT2D eigenvalue weighted by Crippen LogP contribution is -1.87. The zero-order valence-corrected chi connectivity index (χ0v) is 9.53. The Labute approximate surface area is 97.7 Å². The third-order valence-electron chi connectivity index (χ3n) is 2.03. The quantitative estimate of drug-likeness (QED) is 0.801. The van der Waals surface area contributed by atoms with Crippen LogP contribution < -0.4 is 5.73 Å². The number of nitriles is 1. The molecule has 0 radical (unpaired) electrons. The van der Waals surface area contributed by atoms with Crippen LogP contribution >= 0.6 is 11.8 Å². The minimum atomic E-state index is 0.592. The number of nitrogens with zero attached hydrogens (tertiary/aromatic N) is 3. The van der Waals surface area contributed by atoms with E-state index in [4.69, 9.17) is 11.0 Å². The summed E-state index contributed by atoms with van der Waals surface area (Å²) in [5.41, 5.74) is 6.82. The van der Waals surface area contributed by atoms with Crippen molar-refractivity contribution >= 4 is 17.4 Å². The second-order valence-electron chi connectivity index (χ2n) is 3.32. The number of hydrogen-bond donors (Lipinski definition) is 1. The number of aromatic nitrogens is 2. The molecule has 80 valence electrons. The summed E-state index contributed by atoms with van der Waals surface area (Å²) in [4.78, 5) is 1.90. The first-order valence-electron chi connectivity index (χ1n) is 4.65. The first-order valence-corrected chi connectivity index (χ1v) is 5.47. The fourth-order valence-electron chi connectivity index (χ4n) is 1.30. The van der Waals surface area contributed by atoms with Crippen LogP contribution in [0.15, 0.2) is 40.4 Å². The molecule has 0 aliphatic heterocycles. The Morgan fingerprint density at radius 1 is 1.50 bits per heavy atom. The lowest BCUT2D eigenvalue weighted by molar-refractivity contribution is 0.766. The largest absolute Gasteiger partial charge is 0.399 e. The summed E-state index contributed by atoms with van der Waals surface area (Å²) >= 11 is 1.51. The Bertz CT molecular complexity index is 553. The molecule has 16 heavy (non-hydrogen) atoms. The molecule has 1 heterocycles. The highest BCUT2D eigenvalue weighted by Crippen LogP contribution is 2.30. The van der Waals surface area contributed by atoms with Crippen molar-refractivity contribution in [3.63, 3.8) is 0 Å². The molecule has 0 amide bonds. The fourth-order valence-corrected chi connectivity index (χ4v) is 2.21. The van der Waals surface area contributed by atoms with Gasteiger partial charge in [-0.2, -0.15) is 10.4 Å². The molecule has 0 saturated carbocycles. The van der Waals surface area contributed by atoms with Gasteiger partial charge in [-0.15, -0.1) is 0 Å². The lowest BCUT2D eigenvalue weighted by atomic mass is 10.2. The van der Waals surface area contributed by atoms with Gasteiger partial charge in [0.1, 0.15) is 6.07 Å². The van der Waals surface area contributed by atoms with Gasteiger partial charge < -0.3 is 5.73 Å². The molecule has 0 spiro atoms. The molecule has 1 aromatic heterocycles. The summed E-state index contributed by atoms with van der Waals surface area (Å²) in [5, 5.41) is 13.1. The Hall–Kier alpha value is -1.93. The van der Waals surface area contributed by atoms with Gasteiger partial charge in [0.15, 0.2) is 0 Å². The molecule has 0 saturated heterocycles. The van der Waals surface area contributed by atoms with Crippen LogP contribution in [-0.4, -0.2) is 9.78 Å². The number of nitrogens with two attached hydrogens (primary N) is 1. The molecule has 2 rings (SSSR count). The third-order valence-corrected chi connectivity index (χ3v) is 3.06. The Morgan fingerprint density at radius 3 is 2.94 bits per heavy atom. The molecular formula is C11H10N4S. The van der Waals surface area contributed by atoms with Gasteiger partial charge in [0.25, 0.3) is 0 Å². The normalized spacial score (nSPS) is 10.0. The van der Waals surface area contributed by atoms with Crippen molar-refractivity contribution in [1.29, 1.82) is 5.26 Å². The van der Waals surface area contributed by atoms with E-state index >= 15 is 0 Å². The van der Waals surface area contributed by atoms with Gasteiger partial charge in [0.2, 0.25) is 0 Å². The Morgan fingerprint density at radius 2 is 2.31 bits per heavy atom. The number of aryl methyl sites for hydroxylation is 1. The zero-order valence-electron chi connectivity index (χ0n) is 8.71. The van der Waals surface area contributed by atoms with Gasteiger partial charge in [-0.3, -0.25) is 4.68 Å². The maximum absolute atomic E-state index is 8.99. The maximum Gasteiger partial charge on any atom is 0.100 e. The van der Waals surface area contributed by atoms with Crippen molar-refractivity contribution < 1.29 is 0 Å². The summed E-state index contributed by atoms with van der Waals surface area (Å²) in [6.45, 7) is 0. The second kappa shape index (κ2) is 4.29. The smallest absolute Gasteiger partial charge is 0.100 e.